The summed E-state index contributed by atoms with van der Waals surface area (Å²) < 4.78 is 9.17. The van der Waals surface area contributed by atoms with Gasteiger partial charge in [-0.2, -0.15) is 0 Å². The van der Waals surface area contributed by atoms with Crippen LogP contribution in [-0.2, 0) is 55.4 Å². The van der Waals surface area contributed by atoms with Crippen molar-refractivity contribution in [2.75, 3.05) is 0 Å². The van der Waals surface area contributed by atoms with Gasteiger partial charge in [-0.25, -0.2) is 0 Å². The minimum absolute atomic E-state index is 0.0169. The molecule has 2 heterocycles. The molecular weight excluding hydrogens is 1290 g/mol. The fourth-order valence-corrected chi connectivity index (χ4v) is 13.8. The third-order valence-corrected chi connectivity index (χ3v) is 17.9. The van der Waals surface area contributed by atoms with Gasteiger partial charge in [0.05, 0.1) is 33.4 Å². The summed E-state index contributed by atoms with van der Waals surface area (Å²) in [6.45, 7) is 50.1. The van der Waals surface area contributed by atoms with Crippen molar-refractivity contribution in [2.24, 2.45) is 10.8 Å². The molecule has 0 unspecified atom stereocenters. The number of benzene rings is 8. The van der Waals surface area contributed by atoms with E-state index in [1.807, 2.05) is 48.5 Å². The van der Waals surface area contributed by atoms with Crippen LogP contribution in [0.1, 0.15) is 199 Å². The first-order valence-corrected chi connectivity index (χ1v) is 39.9. The van der Waals surface area contributed by atoms with Crippen molar-refractivity contribution in [2.45, 2.75) is 207 Å². The number of phenols is 2. The first kappa shape index (κ1) is 69.3. The maximum absolute atomic E-state index is 12.2. The predicted octanol–water partition coefficient (Wildman–Crippen LogP) is 25.4. The van der Waals surface area contributed by atoms with Gasteiger partial charge in [-0.05, 0) is 198 Å². The van der Waals surface area contributed by atoms with Gasteiger partial charge in [0, 0.05) is 42.7 Å². The third-order valence-electron chi connectivity index (χ3n) is 17.4. The van der Waals surface area contributed by atoms with Gasteiger partial charge in [0.2, 0.25) is 0 Å². The molecule has 0 radical (unpaired) electrons. The van der Waals surface area contributed by atoms with E-state index in [1.165, 1.54) is 54.9 Å². The molecule has 0 saturated heterocycles. The fourth-order valence-electron chi connectivity index (χ4n) is 13.4. The van der Waals surface area contributed by atoms with Crippen LogP contribution in [0.25, 0.3) is 77.2 Å². The Morgan fingerprint density at radius 2 is 0.596 bits per heavy atom. The molecule has 0 bridgehead atoms. The Morgan fingerprint density at radius 1 is 0.337 bits per heavy atom. The average molecular weight is 1400 g/mol. The number of rotatable bonds is 8. The van der Waals surface area contributed by atoms with Crippen LogP contribution < -0.4 is 0 Å². The number of nitrogens with zero attached hydrogens (tertiary/aromatic N) is 2. The minimum atomic E-state index is -0.133. The van der Waals surface area contributed by atoms with Crippen molar-refractivity contribution >= 4 is 66.8 Å². The summed E-state index contributed by atoms with van der Waals surface area (Å²) in [5, 5.41) is 30.4. The van der Waals surface area contributed by atoms with Crippen molar-refractivity contribution in [1.29, 1.82) is 0 Å². The maximum atomic E-state index is 12.2. The molecule has 470 valence electrons. The SMILES string of the molecule is CC(C)(C)CC(C)(C)c1cc(-c2cccc(Cl)c2)c(O)c(-n2c3ccc(C(C)(C)C)cc3c3cc(C(C)(C)C)ccc32)c1.CC(C)(C)CC(C)(C)c1cc(-c2cccc(Cl)c2)c(O)c(-n2c3ccc(C(C)(C)C)cc3c3cc(C(C)(C)C)ccc32)c1.[CH3][Hf][CH3]. The van der Waals surface area contributed by atoms with Crippen molar-refractivity contribution in [3.63, 3.8) is 0 Å². The summed E-state index contributed by atoms with van der Waals surface area (Å²) >= 11 is 13.0. The van der Waals surface area contributed by atoms with Gasteiger partial charge in [0.25, 0.3) is 0 Å². The molecule has 0 amide bonds. The van der Waals surface area contributed by atoms with Gasteiger partial charge in [0.1, 0.15) is 11.5 Å². The van der Waals surface area contributed by atoms with E-state index in [1.54, 1.807) is 0 Å². The number of aromatic hydroxyl groups is 2. The molecule has 2 N–H and O–H groups in total. The van der Waals surface area contributed by atoms with Gasteiger partial charge in [-0.15, -0.1) is 0 Å². The van der Waals surface area contributed by atoms with Crippen molar-refractivity contribution < 1.29 is 33.1 Å². The quantitative estimate of drug-likeness (QED) is 0.149. The molecule has 2 aromatic heterocycles. The van der Waals surface area contributed by atoms with Crippen molar-refractivity contribution in [3.8, 4) is 45.1 Å². The number of aromatic nitrogens is 2. The zero-order valence-corrected chi connectivity index (χ0v) is 63.4. The number of hydrogen-bond donors (Lipinski definition) is 2. The Balaban J connectivity index is 0.000000220. The number of hydrogen-bond acceptors (Lipinski definition) is 2. The van der Waals surface area contributed by atoms with Crippen LogP contribution >= 0.6 is 23.2 Å². The van der Waals surface area contributed by atoms with Crippen LogP contribution in [0.5, 0.6) is 11.5 Å². The summed E-state index contributed by atoms with van der Waals surface area (Å²) in [6.07, 6.45) is 1.99. The van der Waals surface area contributed by atoms with E-state index in [9.17, 15) is 10.2 Å². The van der Waals surface area contributed by atoms with E-state index in [0.29, 0.717) is 10.0 Å². The molecule has 4 nitrogen and oxygen atoms in total. The van der Waals surface area contributed by atoms with Gasteiger partial charge in [-0.3, -0.25) is 0 Å². The van der Waals surface area contributed by atoms with E-state index in [-0.39, 0.29) is 77.7 Å². The molecule has 10 aromatic rings. The van der Waals surface area contributed by atoms with Crippen LogP contribution in [0, 0.1) is 10.8 Å². The Hall–Kier alpha value is -5.59. The molecule has 0 atom stereocenters. The summed E-state index contributed by atoms with van der Waals surface area (Å²) in [5.41, 5.74) is 17.0. The second-order valence-electron chi connectivity index (χ2n) is 33.1. The topological polar surface area (TPSA) is 50.3 Å². The molecule has 8 aromatic carbocycles. The average Bonchev–Trinajstić information content (AvgIpc) is 1.63. The number of phenolic OH excluding ortho intramolecular Hbond substituents is 2. The summed E-state index contributed by atoms with van der Waals surface area (Å²) in [6, 6.07) is 51.7. The molecule has 0 aliphatic rings. The zero-order chi connectivity index (χ0) is 66.1. The number of fused-ring (bicyclic) bond motifs is 6. The Bertz CT molecular complexity index is 3820. The van der Waals surface area contributed by atoms with Gasteiger partial charge >= 0.3 is 32.3 Å². The third kappa shape index (κ3) is 15.3. The van der Waals surface area contributed by atoms with E-state index >= 15 is 0 Å². The van der Waals surface area contributed by atoms with E-state index in [4.69, 9.17) is 23.2 Å². The summed E-state index contributed by atoms with van der Waals surface area (Å²) in [4.78, 5) is 0. The summed E-state index contributed by atoms with van der Waals surface area (Å²) in [5.74, 6) is 0.521. The second kappa shape index (κ2) is 25.1. The second-order valence-corrected chi connectivity index (χ2v) is 37.6. The fraction of sp³-hybridized carbons (Fsp3) is 0.415. The first-order chi connectivity index (χ1) is 40.9. The van der Waals surface area contributed by atoms with E-state index in [2.05, 4.69) is 268 Å². The Kier molecular flexibility index (Phi) is 19.6. The van der Waals surface area contributed by atoms with Gasteiger partial charge in [0.15, 0.2) is 0 Å². The first-order valence-electron chi connectivity index (χ1n) is 32.0. The molecular formula is C82H102Cl2HfN2O2. The van der Waals surface area contributed by atoms with Crippen LogP contribution in [0.4, 0.5) is 0 Å². The van der Waals surface area contributed by atoms with Crippen LogP contribution in [0.2, 0.25) is 19.4 Å². The summed E-state index contributed by atoms with van der Waals surface area (Å²) in [7, 11) is 0. The molecule has 0 spiro atoms. The van der Waals surface area contributed by atoms with E-state index < -0.39 is 0 Å². The molecule has 0 fully saturated rings. The van der Waals surface area contributed by atoms with Crippen LogP contribution in [0.3, 0.4) is 0 Å². The Labute approximate surface area is 556 Å². The van der Waals surface area contributed by atoms with E-state index in [0.717, 1.165) is 68.5 Å². The molecule has 0 saturated carbocycles. The molecule has 7 heteroatoms. The standard InChI is InChI=1S/2C40H48ClNO.2CH3.Hf/c2*1-37(2,3)24-40(10,11)28-22-30(25-13-12-14-29(41)19-25)36(43)35(23-28)42-33-17-15-26(38(4,5)6)20-31(33)32-21-27(39(7,8)9)16-18-34(32)42;;;/h2*12-23,43H,24H2,1-11H3;2*1H3;. The van der Waals surface area contributed by atoms with Crippen LogP contribution in [0.15, 0.2) is 146 Å². The van der Waals surface area contributed by atoms with Crippen molar-refractivity contribution in [3.05, 3.63) is 189 Å². The molecule has 89 heavy (non-hydrogen) atoms. The predicted molar refractivity (Wildman–Crippen MR) is 387 cm³/mol. The zero-order valence-electron chi connectivity index (χ0n) is 58.3. The normalized spacial score (nSPS) is 13.0. The van der Waals surface area contributed by atoms with Gasteiger partial charge < -0.3 is 19.3 Å². The molecule has 0 aliphatic heterocycles. The molecule has 10 rings (SSSR count). The molecule has 0 aliphatic carbocycles. The van der Waals surface area contributed by atoms with Gasteiger partial charge in [-0.1, -0.05) is 224 Å². The monoisotopic (exact) mass is 1400 g/mol. The van der Waals surface area contributed by atoms with Crippen LogP contribution in [-0.4, -0.2) is 19.3 Å². The number of halogens is 2. The Morgan fingerprint density at radius 3 is 0.820 bits per heavy atom. The van der Waals surface area contributed by atoms with Crippen molar-refractivity contribution in [1.82, 2.24) is 9.13 Å².